The van der Waals surface area contributed by atoms with E-state index in [0.717, 1.165) is 12.4 Å². The number of nitrogen functional groups attached to an aromatic ring is 1. The SMILES string of the molecule is CCn1cnnc1CNc1ncnc(OC)c1N. The molecule has 0 saturated carbocycles. The van der Waals surface area contributed by atoms with E-state index in [9.17, 15) is 0 Å². The fourth-order valence-electron chi connectivity index (χ4n) is 1.53. The number of methoxy groups -OCH3 is 1. The van der Waals surface area contributed by atoms with Crippen LogP contribution in [0.5, 0.6) is 5.88 Å². The van der Waals surface area contributed by atoms with Crippen LogP contribution < -0.4 is 15.8 Å². The van der Waals surface area contributed by atoms with Gasteiger partial charge in [0.05, 0.1) is 13.7 Å². The van der Waals surface area contributed by atoms with Gasteiger partial charge in [-0.15, -0.1) is 10.2 Å². The van der Waals surface area contributed by atoms with Gasteiger partial charge in [0.15, 0.2) is 11.6 Å². The van der Waals surface area contributed by atoms with E-state index >= 15 is 0 Å². The van der Waals surface area contributed by atoms with E-state index in [1.807, 2.05) is 11.5 Å². The number of hydrogen-bond donors (Lipinski definition) is 2. The lowest BCUT2D eigenvalue weighted by molar-refractivity contribution is 0.399. The molecule has 3 N–H and O–H groups in total. The molecule has 0 aliphatic heterocycles. The molecule has 0 aliphatic carbocycles. The summed E-state index contributed by atoms with van der Waals surface area (Å²) in [5.41, 5.74) is 6.23. The summed E-state index contributed by atoms with van der Waals surface area (Å²) in [7, 11) is 1.51. The van der Waals surface area contributed by atoms with Crippen molar-refractivity contribution in [2.45, 2.75) is 20.0 Å². The second-order valence-electron chi connectivity index (χ2n) is 3.53. The molecule has 0 amide bonds. The minimum atomic E-state index is 0.351. The highest BCUT2D eigenvalue weighted by Gasteiger charge is 2.09. The van der Waals surface area contributed by atoms with Gasteiger partial charge in [0, 0.05) is 6.54 Å². The summed E-state index contributed by atoms with van der Waals surface area (Å²) in [5, 5.41) is 10.9. The first-order valence-corrected chi connectivity index (χ1v) is 5.51. The predicted molar refractivity (Wildman–Crippen MR) is 66.0 cm³/mol. The number of nitrogens with two attached hydrogens (primary N) is 1. The number of nitrogens with zero attached hydrogens (tertiary/aromatic N) is 5. The largest absolute Gasteiger partial charge is 0.479 e. The molecule has 8 nitrogen and oxygen atoms in total. The number of ether oxygens (including phenoxy) is 1. The fourth-order valence-corrected chi connectivity index (χ4v) is 1.53. The quantitative estimate of drug-likeness (QED) is 0.784. The summed E-state index contributed by atoms with van der Waals surface area (Å²) in [4.78, 5) is 7.96. The van der Waals surface area contributed by atoms with Gasteiger partial charge < -0.3 is 20.4 Å². The summed E-state index contributed by atoms with van der Waals surface area (Å²) in [6.07, 6.45) is 3.07. The van der Waals surface area contributed by atoms with E-state index < -0.39 is 0 Å². The second-order valence-corrected chi connectivity index (χ2v) is 3.53. The number of nitrogens with one attached hydrogen (secondary N) is 1. The van der Waals surface area contributed by atoms with Crippen molar-refractivity contribution >= 4 is 11.5 Å². The molecule has 0 saturated heterocycles. The molecule has 2 aromatic heterocycles. The van der Waals surface area contributed by atoms with Crippen LogP contribution in [0.4, 0.5) is 11.5 Å². The summed E-state index contributed by atoms with van der Waals surface area (Å²) in [5.74, 6) is 1.69. The van der Waals surface area contributed by atoms with Gasteiger partial charge in [-0.2, -0.15) is 4.98 Å². The zero-order chi connectivity index (χ0) is 13.0. The highest BCUT2D eigenvalue weighted by Crippen LogP contribution is 2.24. The molecular weight excluding hydrogens is 234 g/mol. The maximum Gasteiger partial charge on any atom is 0.242 e. The molecule has 0 aromatic carbocycles. The Kier molecular flexibility index (Phi) is 3.56. The van der Waals surface area contributed by atoms with Crippen LogP contribution in [-0.4, -0.2) is 31.8 Å². The number of anilines is 2. The minimum absolute atomic E-state index is 0.351. The zero-order valence-corrected chi connectivity index (χ0v) is 10.3. The van der Waals surface area contributed by atoms with Gasteiger partial charge in [0.2, 0.25) is 5.88 Å². The van der Waals surface area contributed by atoms with Gasteiger partial charge >= 0.3 is 0 Å². The van der Waals surface area contributed by atoms with Crippen molar-refractivity contribution in [3.8, 4) is 5.88 Å². The smallest absolute Gasteiger partial charge is 0.242 e. The maximum absolute atomic E-state index is 5.85. The molecule has 0 radical (unpaired) electrons. The van der Waals surface area contributed by atoms with E-state index in [1.54, 1.807) is 6.33 Å². The standard InChI is InChI=1S/C10H15N7O/c1-3-17-6-15-16-7(17)4-12-9-8(11)10(18-2)14-5-13-9/h5-6H,3-4,11H2,1-2H3,(H,12,13,14). The molecule has 96 valence electrons. The highest BCUT2D eigenvalue weighted by atomic mass is 16.5. The van der Waals surface area contributed by atoms with Crippen molar-refractivity contribution in [2.75, 3.05) is 18.2 Å². The van der Waals surface area contributed by atoms with Crippen LogP contribution in [-0.2, 0) is 13.1 Å². The van der Waals surface area contributed by atoms with Gasteiger partial charge in [0.1, 0.15) is 18.3 Å². The lowest BCUT2D eigenvalue weighted by Crippen LogP contribution is -2.10. The van der Waals surface area contributed by atoms with E-state index in [2.05, 4.69) is 25.5 Å². The normalized spacial score (nSPS) is 10.3. The average molecular weight is 249 g/mol. The van der Waals surface area contributed by atoms with E-state index in [0.29, 0.717) is 23.9 Å². The lowest BCUT2D eigenvalue weighted by atomic mass is 10.4. The molecular formula is C10H15N7O. The monoisotopic (exact) mass is 249 g/mol. The Morgan fingerprint density at radius 3 is 3.00 bits per heavy atom. The summed E-state index contributed by atoms with van der Waals surface area (Å²) in [6, 6.07) is 0. The molecule has 0 atom stereocenters. The Hall–Kier alpha value is -2.38. The molecule has 0 unspecified atom stereocenters. The van der Waals surface area contributed by atoms with Crippen LogP contribution in [0.1, 0.15) is 12.7 Å². The average Bonchev–Trinajstić information content (AvgIpc) is 2.85. The topological polar surface area (TPSA) is 104 Å². The van der Waals surface area contributed by atoms with Crippen LogP contribution in [0.25, 0.3) is 0 Å². The Morgan fingerprint density at radius 1 is 1.44 bits per heavy atom. The van der Waals surface area contributed by atoms with Crippen molar-refractivity contribution < 1.29 is 4.74 Å². The van der Waals surface area contributed by atoms with Crippen molar-refractivity contribution in [3.63, 3.8) is 0 Å². The summed E-state index contributed by atoms with van der Waals surface area (Å²) >= 11 is 0. The Labute approximate surface area is 104 Å². The summed E-state index contributed by atoms with van der Waals surface area (Å²) in [6.45, 7) is 3.32. The molecule has 0 fully saturated rings. The molecule has 2 heterocycles. The van der Waals surface area contributed by atoms with Gasteiger partial charge in [0.25, 0.3) is 0 Å². The molecule has 2 aromatic rings. The van der Waals surface area contributed by atoms with Gasteiger partial charge in [-0.1, -0.05) is 0 Å². The Balaban J connectivity index is 2.11. The van der Waals surface area contributed by atoms with Gasteiger partial charge in [-0.25, -0.2) is 4.98 Å². The second kappa shape index (κ2) is 5.30. The number of rotatable bonds is 5. The minimum Gasteiger partial charge on any atom is -0.479 e. The number of aryl methyl sites for hydroxylation is 1. The first-order valence-electron chi connectivity index (χ1n) is 5.51. The van der Waals surface area contributed by atoms with E-state index in [1.165, 1.54) is 13.4 Å². The number of hydrogen-bond acceptors (Lipinski definition) is 7. The summed E-state index contributed by atoms with van der Waals surface area (Å²) < 4.78 is 6.95. The van der Waals surface area contributed by atoms with E-state index in [4.69, 9.17) is 10.5 Å². The molecule has 18 heavy (non-hydrogen) atoms. The van der Waals surface area contributed by atoms with Crippen molar-refractivity contribution in [3.05, 3.63) is 18.5 Å². The van der Waals surface area contributed by atoms with Crippen LogP contribution in [0, 0.1) is 0 Å². The third-order valence-electron chi connectivity index (χ3n) is 2.49. The molecule has 2 rings (SSSR count). The van der Waals surface area contributed by atoms with Crippen LogP contribution in [0.2, 0.25) is 0 Å². The van der Waals surface area contributed by atoms with Gasteiger partial charge in [-0.05, 0) is 6.92 Å². The maximum atomic E-state index is 5.85. The Morgan fingerprint density at radius 2 is 2.28 bits per heavy atom. The third kappa shape index (κ3) is 2.31. The van der Waals surface area contributed by atoms with E-state index in [-0.39, 0.29) is 0 Å². The van der Waals surface area contributed by atoms with Crippen LogP contribution >= 0.6 is 0 Å². The van der Waals surface area contributed by atoms with Crippen molar-refractivity contribution in [1.82, 2.24) is 24.7 Å². The predicted octanol–water partition coefficient (Wildman–Crippen LogP) is 0.291. The molecule has 8 heteroatoms. The van der Waals surface area contributed by atoms with Crippen LogP contribution in [0.3, 0.4) is 0 Å². The first kappa shape index (κ1) is 12.1. The highest BCUT2D eigenvalue weighted by molar-refractivity contribution is 5.66. The fraction of sp³-hybridized carbons (Fsp3) is 0.400. The third-order valence-corrected chi connectivity index (χ3v) is 2.49. The van der Waals surface area contributed by atoms with Crippen molar-refractivity contribution in [2.24, 2.45) is 0 Å². The molecule has 0 aliphatic rings. The molecule has 0 bridgehead atoms. The Bertz CT molecular complexity index is 525. The number of aromatic nitrogens is 5. The van der Waals surface area contributed by atoms with Gasteiger partial charge in [-0.3, -0.25) is 0 Å². The lowest BCUT2D eigenvalue weighted by Gasteiger charge is -2.10. The molecule has 0 spiro atoms. The zero-order valence-electron chi connectivity index (χ0n) is 10.3. The van der Waals surface area contributed by atoms with Crippen molar-refractivity contribution in [1.29, 1.82) is 0 Å². The van der Waals surface area contributed by atoms with Crippen LogP contribution in [0.15, 0.2) is 12.7 Å². The first-order chi connectivity index (χ1) is 8.76.